The van der Waals surface area contributed by atoms with Gasteiger partial charge in [-0.3, -0.25) is 0 Å². The molecule has 0 amide bonds. The molecular formula is C19H11F4N3O2. The summed E-state index contributed by atoms with van der Waals surface area (Å²) in [4.78, 5) is 3.67. The summed E-state index contributed by atoms with van der Waals surface area (Å²) in [5.74, 6) is -1.09. The Kier molecular flexibility index (Phi) is 4.42. The van der Waals surface area contributed by atoms with Crippen LogP contribution in [0, 0.1) is 0 Å². The van der Waals surface area contributed by atoms with E-state index in [-0.39, 0.29) is 17.2 Å². The van der Waals surface area contributed by atoms with Crippen molar-refractivity contribution in [2.24, 2.45) is 0 Å². The molecular weight excluding hydrogens is 378 g/mol. The van der Waals surface area contributed by atoms with Crippen molar-refractivity contribution in [3.05, 3.63) is 72.4 Å². The van der Waals surface area contributed by atoms with Crippen molar-refractivity contribution in [2.75, 3.05) is 0 Å². The molecule has 0 atom stereocenters. The summed E-state index contributed by atoms with van der Waals surface area (Å²) in [5, 5.41) is 7.92. The van der Waals surface area contributed by atoms with E-state index in [1.54, 1.807) is 36.4 Å². The van der Waals surface area contributed by atoms with Crippen LogP contribution in [0.5, 0.6) is 5.75 Å². The Bertz CT molecular complexity index is 1110. The second-order valence-corrected chi connectivity index (χ2v) is 5.77. The van der Waals surface area contributed by atoms with Gasteiger partial charge in [-0.15, -0.1) is 10.2 Å². The highest BCUT2D eigenvalue weighted by Crippen LogP contribution is 2.35. The molecule has 5 nitrogen and oxygen atoms in total. The molecule has 0 bridgehead atoms. The summed E-state index contributed by atoms with van der Waals surface area (Å²) in [6.45, 7) is 0. The van der Waals surface area contributed by atoms with Gasteiger partial charge in [-0.1, -0.05) is 36.4 Å². The van der Waals surface area contributed by atoms with Crippen LogP contribution in [0.2, 0.25) is 0 Å². The molecule has 0 aliphatic rings. The van der Waals surface area contributed by atoms with E-state index in [0.29, 0.717) is 5.39 Å². The molecule has 2 aromatic carbocycles. The van der Waals surface area contributed by atoms with E-state index in [9.17, 15) is 17.6 Å². The standard InChI is InChI=1S/C19H11F4N3O2/c20-16(21)18-26-25-17(27-18)12-8-9-15(24-10-12)19(22,23)28-14-7-3-5-11-4-1-2-6-13(11)14/h1-10,16H. The average molecular weight is 389 g/mol. The molecule has 0 N–H and O–H groups in total. The van der Waals surface area contributed by atoms with Gasteiger partial charge in [-0.25, -0.2) is 4.98 Å². The molecule has 4 rings (SSSR count). The fourth-order valence-corrected chi connectivity index (χ4v) is 2.61. The molecule has 0 saturated carbocycles. The van der Waals surface area contributed by atoms with Crippen LogP contribution in [0.1, 0.15) is 18.0 Å². The summed E-state index contributed by atoms with van der Waals surface area (Å²) in [6.07, 6.45) is -5.61. The predicted octanol–water partition coefficient (Wildman–Crippen LogP) is 5.35. The number of benzene rings is 2. The molecule has 2 heterocycles. The smallest absolute Gasteiger partial charge is 0.427 e. The fourth-order valence-electron chi connectivity index (χ4n) is 2.61. The molecule has 0 aliphatic heterocycles. The largest absolute Gasteiger partial charge is 0.444 e. The van der Waals surface area contributed by atoms with Crippen LogP contribution < -0.4 is 4.74 Å². The number of ether oxygens (including phenoxy) is 1. The fraction of sp³-hybridized carbons (Fsp3) is 0.105. The summed E-state index contributed by atoms with van der Waals surface area (Å²) in [5.41, 5.74) is -0.526. The zero-order valence-corrected chi connectivity index (χ0v) is 14.0. The summed E-state index contributed by atoms with van der Waals surface area (Å²) >= 11 is 0. The Morgan fingerprint density at radius 2 is 1.71 bits per heavy atom. The molecule has 142 valence electrons. The monoisotopic (exact) mass is 389 g/mol. The Morgan fingerprint density at radius 1 is 0.929 bits per heavy atom. The van der Waals surface area contributed by atoms with Crippen LogP contribution in [-0.2, 0) is 6.11 Å². The zero-order chi connectivity index (χ0) is 19.7. The third kappa shape index (κ3) is 3.38. The maximum absolute atomic E-state index is 14.6. The van der Waals surface area contributed by atoms with Gasteiger partial charge in [0.1, 0.15) is 5.75 Å². The highest BCUT2D eigenvalue weighted by atomic mass is 19.3. The lowest BCUT2D eigenvalue weighted by molar-refractivity contribution is -0.187. The Morgan fingerprint density at radius 3 is 2.43 bits per heavy atom. The van der Waals surface area contributed by atoms with Gasteiger partial charge in [0.2, 0.25) is 5.89 Å². The number of halogens is 4. The van der Waals surface area contributed by atoms with Crippen molar-refractivity contribution in [2.45, 2.75) is 12.5 Å². The van der Waals surface area contributed by atoms with Crippen molar-refractivity contribution >= 4 is 10.8 Å². The van der Waals surface area contributed by atoms with Crippen molar-refractivity contribution in [3.63, 3.8) is 0 Å². The van der Waals surface area contributed by atoms with Crippen LogP contribution in [0.15, 0.2) is 65.2 Å². The minimum absolute atomic E-state index is 0.00690. The molecule has 0 spiro atoms. The highest BCUT2D eigenvalue weighted by molar-refractivity contribution is 5.88. The van der Waals surface area contributed by atoms with E-state index >= 15 is 0 Å². The topological polar surface area (TPSA) is 61.0 Å². The normalized spacial score (nSPS) is 11.9. The van der Waals surface area contributed by atoms with Crippen LogP contribution in [0.4, 0.5) is 17.6 Å². The number of hydrogen-bond acceptors (Lipinski definition) is 5. The van der Waals surface area contributed by atoms with E-state index in [1.165, 1.54) is 12.1 Å². The number of fused-ring (bicyclic) bond motifs is 1. The predicted molar refractivity (Wildman–Crippen MR) is 91.0 cm³/mol. The zero-order valence-electron chi connectivity index (χ0n) is 14.0. The summed E-state index contributed by atoms with van der Waals surface area (Å²) in [6, 6.07) is 14.0. The first kappa shape index (κ1) is 17.9. The van der Waals surface area contributed by atoms with Crippen LogP contribution in [0.3, 0.4) is 0 Å². The van der Waals surface area contributed by atoms with Gasteiger partial charge in [0, 0.05) is 11.6 Å². The molecule has 0 saturated heterocycles. The number of hydrogen-bond donors (Lipinski definition) is 0. The number of pyridine rings is 1. The number of aromatic nitrogens is 3. The van der Waals surface area contributed by atoms with Gasteiger partial charge in [0.05, 0.1) is 5.56 Å². The molecule has 4 aromatic rings. The summed E-state index contributed by atoms with van der Waals surface area (Å²) < 4.78 is 63.9. The molecule has 28 heavy (non-hydrogen) atoms. The van der Waals surface area contributed by atoms with Crippen LogP contribution in [-0.4, -0.2) is 15.2 Å². The third-order valence-electron chi connectivity index (χ3n) is 3.92. The van der Waals surface area contributed by atoms with Gasteiger partial charge in [0.25, 0.3) is 5.89 Å². The maximum Gasteiger partial charge on any atom is 0.444 e. The molecule has 9 heteroatoms. The van der Waals surface area contributed by atoms with Gasteiger partial charge in [-0.2, -0.15) is 17.6 Å². The second kappa shape index (κ2) is 6.91. The highest BCUT2D eigenvalue weighted by Gasteiger charge is 2.37. The Balaban J connectivity index is 1.60. The van der Waals surface area contributed by atoms with Gasteiger partial charge < -0.3 is 9.15 Å². The van der Waals surface area contributed by atoms with E-state index in [1.807, 2.05) is 0 Å². The first-order valence-electron chi connectivity index (χ1n) is 8.07. The summed E-state index contributed by atoms with van der Waals surface area (Å²) in [7, 11) is 0. The molecule has 0 radical (unpaired) electrons. The number of rotatable bonds is 5. The van der Waals surface area contributed by atoms with Crippen molar-refractivity contribution in [1.29, 1.82) is 0 Å². The van der Waals surface area contributed by atoms with Crippen molar-refractivity contribution in [3.8, 4) is 17.2 Å². The third-order valence-corrected chi connectivity index (χ3v) is 3.92. The molecule has 0 aliphatic carbocycles. The Labute approximate surface area is 155 Å². The first-order chi connectivity index (χ1) is 13.4. The van der Waals surface area contributed by atoms with E-state index in [0.717, 1.165) is 17.6 Å². The molecule has 2 aromatic heterocycles. The van der Waals surface area contributed by atoms with Crippen molar-refractivity contribution < 1.29 is 26.7 Å². The molecule has 0 unspecified atom stereocenters. The van der Waals surface area contributed by atoms with Crippen LogP contribution >= 0.6 is 0 Å². The van der Waals surface area contributed by atoms with Gasteiger partial charge in [0.15, 0.2) is 5.69 Å². The number of nitrogens with zero attached hydrogens (tertiary/aromatic N) is 3. The quantitative estimate of drug-likeness (QED) is 0.431. The minimum atomic E-state index is -3.72. The van der Waals surface area contributed by atoms with E-state index in [4.69, 9.17) is 9.15 Å². The van der Waals surface area contributed by atoms with Crippen molar-refractivity contribution in [1.82, 2.24) is 15.2 Å². The lowest BCUT2D eigenvalue weighted by atomic mass is 10.1. The molecule has 0 fully saturated rings. The van der Waals surface area contributed by atoms with E-state index in [2.05, 4.69) is 15.2 Å². The second-order valence-electron chi connectivity index (χ2n) is 5.77. The first-order valence-corrected chi connectivity index (χ1v) is 8.07. The minimum Gasteiger partial charge on any atom is -0.427 e. The Hall–Kier alpha value is -3.49. The van der Waals surface area contributed by atoms with Gasteiger partial charge in [-0.05, 0) is 23.6 Å². The maximum atomic E-state index is 14.6. The lowest BCUT2D eigenvalue weighted by Gasteiger charge is -2.18. The number of alkyl halides is 4. The van der Waals surface area contributed by atoms with E-state index < -0.39 is 24.1 Å². The average Bonchev–Trinajstić information content (AvgIpc) is 3.19. The van der Waals surface area contributed by atoms with Gasteiger partial charge >= 0.3 is 12.5 Å². The van der Waals surface area contributed by atoms with Crippen LogP contribution in [0.25, 0.3) is 22.2 Å². The SMILES string of the molecule is FC(F)c1nnc(-c2ccc(C(F)(F)Oc3cccc4ccccc34)nc2)o1. The lowest BCUT2D eigenvalue weighted by Crippen LogP contribution is -2.23.